The normalized spacial score (nSPS) is 17.7. The van der Waals surface area contributed by atoms with Gasteiger partial charge in [-0.2, -0.15) is 0 Å². The number of anilines is 1. The van der Waals surface area contributed by atoms with Crippen LogP contribution in [0.2, 0.25) is 0 Å². The molecule has 0 bridgehead atoms. The maximum atomic E-state index is 12.4. The number of nitrogens with zero attached hydrogens (tertiary/aromatic N) is 1. The number of amides is 2. The Kier molecular flexibility index (Phi) is 3.68. The molecule has 0 aliphatic carbocycles. The third-order valence-corrected chi connectivity index (χ3v) is 4.18. The van der Waals surface area contributed by atoms with Gasteiger partial charge in [-0.1, -0.05) is 12.1 Å². The van der Waals surface area contributed by atoms with Crippen molar-refractivity contribution in [1.29, 1.82) is 0 Å². The average molecular weight is 340 g/mol. The van der Waals surface area contributed by atoms with Gasteiger partial charge in [0, 0.05) is 12.6 Å². The lowest BCUT2D eigenvalue weighted by Gasteiger charge is -2.31. The highest BCUT2D eigenvalue weighted by Crippen LogP contribution is 2.33. The molecular weight excluding hydrogens is 324 g/mol. The Morgan fingerprint density at radius 1 is 1.16 bits per heavy atom. The van der Waals surface area contributed by atoms with E-state index < -0.39 is 6.10 Å². The molecule has 25 heavy (non-hydrogen) atoms. The van der Waals surface area contributed by atoms with Crippen LogP contribution >= 0.6 is 0 Å². The van der Waals surface area contributed by atoms with E-state index in [1.807, 2.05) is 18.2 Å². The standard InChI is InChI=1S/C18H16N2O5/c1-20-12-4-2-3-5-13(12)25-16(18(20)22)9-19-17(21)11-6-7-14-15(8-11)24-10-23-14/h2-8,16H,9-10H2,1H3,(H,19,21). The van der Waals surface area contributed by atoms with Crippen LogP contribution in [0.5, 0.6) is 17.2 Å². The van der Waals surface area contributed by atoms with Crippen molar-refractivity contribution < 1.29 is 23.8 Å². The summed E-state index contributed by atoms with van der Waals surface area (Å²) in [5.41, 5.74) is 1.15. The van der Waals surface area contributed by atoms with Crippen LogP contribution in [-0.2, 0) is 4.79 Å². The second-order valence-electron chi connectivity index (χ2n) is 5.75. The van der Waals surface area contributed by atoms with Crippen LogP contribution < -0.4 is 24.4 Å². The lowest BCUT2D eigenvalue weighted by molar-refractivity contribution is -0.125. The van der Waals surface area contributed by atoms with Crippen LogP contribution in [0.4, 0.5) is 5.69 Å². The number of ether oxygens (including phenoxy) is 3. The van der Waals surface area contributed by atoms with Crippen molar-refractivity contribution in [2.75, 3.05) is 25.3 Å². The first-order valence-electron chi connectivity index (χ1n) is 7.84. The Morgan fingerprint density at radius 3 is 2.84 bits per heavy atom. The van der Waals surface area contributed by atoms with E-state index in [2.05, 4.69) is 5.32 Å². The number of nitrogens with one attached hydrogen (secondary N) is 1. The van der Waals surface area contributed by atoms with Crippen molar-refractivity contribution in [3.05, 3.63) is 48.0 Å². The van der Waals surface area contributed by atoms with Gasteiger partial charge in [0.2, 0.25) is 6.79 Å². The van der Waals surface area contributed by atoms with E-state index >= 15 is 0 Å². The van der Waals surface area contributed by atoms with E-state index in [0.717, 1.165) is 0 Å². The van der Waals surface area contributed by atoms with Gasteiger partial charge in [-0.05, 0) is 30.3 Å². The highest BCUT2D eigenvalue weighted by Gasteiger charge is 2.32. The maximum Gasteiger partial charge on any atom is 0.269 e. The fraction of sp³-hybridized carbons (Fsp3) is 0.222. The molecule has 1 unspecified atom stereocenters. The lowest BCUT2D eigenvalue weighted by Crippen LogP contribution is -2.49. The Hall–Kier alpha value is -3.22. The highest BCUT2D eigenvalue weighted by atomic mass is 16.7. The van der Waals surface area contributed by atoms with Crippen molar-refractivity contribution in [3.63, 3.8) is 0 Å². The van der Waals surface area contributed by atoms with E-state index in [9.17, 15) is 9.59 Å². The minimum atomic E-state index is -0.766. The summed E-state index contributed by atoms with van der Waals surface area (Å²) in [4.78, 5) is 26.3. The summed E-state index contributed by atoms with van der Waals surface area (Å²) < 4.78 is 16.2. The fourth-order valence-corrected chi connectivity index (χ4v) is 2.83. The van der Waals surface area contributed by atoms with Gasteiger partial charge in [-0.25, -0.2) is 0 Å². The van der Waals surface area contributed by atoms with Gasteiger partial charge in [0.05, 0.1) is 12.2 Å². The quantitative estimate of drug-likeness (QED) is 0.918. The summed E-state index contributed by atoms with van der Waals surface area (Å²) in [5.74, 6) is 1.25. The molecule has 2 amide bonds. The average Bonchev–Trinajstić information content (AvgIpc) is 3.11. The van der Waals surface area contributed by atoms with E-state index in [1.54, 1.807) is 31.3 Å². The van der Waals surface area contributed by atoms with E-state index in [0.29, 0.717) is 28.5 Å². The smallest absolute Gasteiger partial charge is 0.269 e. The van der Waals surface area contributed by atoms with Crippen LogP contribution in [0.25, 0.3) is 0 Å². The number of para-hydroxylation sites is 2. The van der Waals surface area contributed by atoms with Crippen molar-refractivity contribution in [1.82, 2.24) is 5.32 Å². The largest absolute Gasteiger partial charge is 0.477 e. The van der Waals surface area contributed by atoms with Crippen molar-refractivity contribution in [2.24, 2.45) is 0 Å². The van der Waals surface area contributed by atoms with Gasteiger partial charge in [-0.3, -0.25) is 9.59 Å². The molecule has 7 nitrogen and oxygen atoms in total. The molecule has 0 radical (unpaired) electrons. The van der Waals surface area contributed by atoms with E-state index in [1.165, 1.54) is 4.90 Å². The van der Waals surface area contributed by atoms with Crippen molar-refractivity contribution in [2.45, 2.75) is 6.10 Å². The molecule has 0 saturated carbocycles. The minimum absolute atomic E-state index is 0.0742. The monoisotopic (exact) mass is 340 g/mol. The molecule has 2 aliphatic rings. The molecule has 2 heterocycles. The fourth-order valence-electron chi connectivity index (χ4n) is 2.83. The molecule has 128 valence electrons. The Balaban J connectivity index is 1.44. The molecule has 0 fully saturated rings. The molecule has 1 atom stereocenters. The van der Waals surface area contributed by atoms with Crippen LogP contribution in [0.3, 0.4) is 0 Å². The number of carbonyl (C=O) groups is 2. The van der Waals surface area contributed by atoms with Gasteiger partial charge in [0.15, 0.2) is 17.6 Å². The molecular formula is C18H16N2O5. The SMILES string of the molecule is CN1C(=O)C(CNC(=O)c2ccc3c(c2)OCO3)Oc2ccccc21. The summed E-state index contributed by atoms with van der Waals surface area (Å²) in [6.45, 7) is 0.224. The van der Waals surface area contributed by atoms with Crippen LogP contribution in [0, 0.1) is 0 Å². The summed E-state index contributed by atoms with van der Waals surface area (Å²) in [6.07, 6.45) is -0.766. The Labute approximate surface area is 144 Å². The van der Waals surface area contributed by atoms with Gasteiger partial charge in [0.25, 0.3) is 11.8 Å². The molecule has 2 aromatic rings. The van der Waals surface area contributed by atoms with Crippen molar-refractivity contribution >= 4 is 17.5 Å². The second kappa shape index (κ2) is 6.01. The molecule has 1 N–H and O–H groups in total. The van der Waals surface area contributed by atoms with Gasteiger partial charge >= 0.3 is 0 Å². The van der Waals surface area contributed by atoms with E-state index in [4.69, 9.17) is 14.2 Å². The third-order valence-electron chi connectivity index (χ3n) is 4.18. The highest BCUT2D eigenvalue weighted by molar-refractivity contribution is 6.00. The van der Waals surface area contributed by atoms with Gasteiger partial charge in [-0.15, -0.1) is 0 Å². The first kappa shape index (κ1) is 15.3. The zero-order chi connectivity index (χ0) is 17.4. The molecule has 0 saturated heterocycles. The summed E-state index contributed by atoms with van der Waals surface area (Å²) in [5, 5.41) is 2.73. The lowest BCUT2D eigenvalue weighted by atomic mass is 10.1. The molecule has 2 aromatic carbocycles. The topological polar surface area (TPSA) is 77.1 Å². The molecule has 0 aromatic heterocycles. The number of hydrogen-bond acceptors (Lipinski definition) is 5. The minimum Gasteiger partial charge on any atom is -0.477 e. The molecule has 4 rings (SSSR count). The Bertz CT molecular complexity index is 851. The van der Waals surface area contributed by atoms with E-state index in [-0.39, 0.29) is 25.2 Å². The zero-order valence-corrected chi connectivity index (χ0v) is 13.5. The molecule has 7 heteroatoms. The number of rotatable bonds is 3. The summed E-state index contributed by atoms with van der Waals surface area (Å²) in [6, 6.07) is 12.2. The predicted octanol–water partition coefficient (Wildman–Crippen LogP) is 1.57. The van der Waals surface area contributed by atoms with Crippen LogP contribution in [-0.4, -0.2) is 38.3 Å². The number of likely N-dealkylation sites (N-methyl/N-ethyl adjacent to an activating group) is 1. The number of benzene rings is 2. The first-order valence-corrected chi connectivity index (χ1v) is 7.84. The zero-order valence-electron chi connectivity index (χ0n) is 13.5. The predicted molar refractivity (Wildman–Crippen MR) is 89.2 cm³/mol. The molecule has 0 spiro atoms. The third kappa shape index (κ3) is 2.73. The second-order valence-corrected chi connectivity index (χ2v) is 5.75. The summed E-state index contributed by atoms with van der Waals surface area (Å²) >= 11 is 0. The van der Waals surface area contributed by atoms with Crippen LogP contribution in [0.1, 0.15) is 10.4 Å². The van der Waals surface area contributed by atoms with Gasteiger partial charge in [0.1, 0.15) is 5.75 Å². The number of carbonyl (C=O) groups excluding carboxylic acids is 2. The van der Waals surface area contributed by atoms with Crippen molar-refractivity contribution in [3.8, 4) is 17.2 Å². The molecule has 2 aliphatic heterocycles. The number of hydrogen-bond donors (Lipinski definition) is 1. The van der Waals surface area contributed by atoms with Gasteiger partial charge < -0.3 is 24.4 Å². The first-order chi connectivity index (χ1) is 12.1. The maximum absolute atomic E-state index is 12.4. The summed E-state index contributed by atoms with van der Waals surface area (Å²) in [7, 11) is 1.69. The van der Waals surface area contributed by atoms with Crippen LogP contribution in [0.15, 0.2) is 42.5 Å². The Morgan fingerprint density at radius 2 is 1.96 bits per heavy atom. The number of fused-ring (bicyclic) bond motifs is 2.